The molecule has 0 unspecified atom stereocenters. The summed E-state index contributed by atoms with van der Waals surface area (Å²) in [7, 11) is 0. The Morgan fingerprint density at radius 3 is 2.41 bits per heavy atom. The third kappa shape index (κ3) is 2.84. The number of furan rings is 1. The van der Waals surface area contributed by atoms with Crippen molar-refractivity contribution in [1.82, 2.24) is 0 Å². The minimum Gasteiger partial charge on any atom is -0.461 e. The Kier molecular flexibility index (Phi) is 3.43. The van der Waals surface area contributed by atoms with Crippen LogP contribution in [0.5, 0.6) is 0 Å². The van der Waals surface area contributed by atoms with Gasteiger partial charge in [0.1, 0.15) is 17.3 Å². The van der Waals surface area contributed by atoms with E-state index < -0.39 is 0 Å². The molecular formula is C15H16O2. The first-order chi connectivity index (χ1) is 8.19. The number of Topliss-reactive ketones (excluding diaryl/α,β-unsaturated/α-hetero) is 1. The van der Waals surface area contributed by atoms with Crippen LogP contribution in [0.2, 0.25) is 0 Å². The van der Waals surface area contributed by atoms with Crippen molar-refractivity contribution in [2.75, 3.05) is 0 Å². The summed E-state index contributed by atoms with van der Waals surface area (Å²) >= 11 is 0. The number of carbonyl (C=O) groups is 1. The maximum absolute atomic E-state index is 11.0. The van der Waals surface area contributed by atoms with Crippen molar-refractivity contribution in [3.8, 4) is 11.3 Å². The first-order valence-corrected chi connectivity index (χ1v) is 5.86. The fraction of sp³-hybridized carbons (Fsp3) is 0.267. The Bertz CT molecular complexity index is 506. The summed E-state index contributed by atoms with van der Waals surface area (Å²) in [4.78, 5) is 11.0. The van der Waals surface area contributed by atoms with Gasteiger partial charge in [0.2, 0.25) is 0 Å². The van der Waals surface area contributed by atoms with Crippen LogP contribution in [0.4, 0.5) is 0 Å². The quantitative estimate of drug-likeness (QED) is 0.799. The summed E-state index contributed by atoms with van der Waals surface area (Å²) in [6.07, 6.45) is 1.40. The predicted octanol–water partition coefficient (Wildman–Crippen LogP) is 3.64. The first-order valence-electron chi connectivity index (χ1n) is 5.86. The second-order valence-corrected chi connectivity index (χ2v) is 4.20. The van der Waals surface area contributed by atoms with Crippen molar-refractivity contribution in [2.45, 2.75) is 26.7 Å². The SMILES string of the molecule is CCc1ccc(-c2ccc(CC(C)=O)o2)cc1. The topological polar surface area (TPSA) is 30.2 Å². The molecule has 0 amide bonds. The highest BCUT2D eigenvalue weighted by Crippen LogP contribution is 2.23. The van der Waals surface area contributed by atoms with Crippen LogP contribution in [0.15, 0.2) is 40.8 Å². The van der Waals surface area contributed by atoms with E-state index in [0.717, 1.165) is 23.5 Å². The molecular weight excluding hydrogens is 212 g/mol. The summed E-state index contributed by atoms with van der Waals surface area (Å²) in [5, 5.41) is 0. The van der Waals surface area contributed by atoms with Gasteiger partial charge >= 0.3 is 0 Å². The van der Waals surface area contributed by atoms with Crippen LogP contribution in [-0.4, -0.2) is 5.78 Å². The van der Waals surface area contributed by atoms with Crippen LogP contribution in [0.3, 0.4) is 0 Å². The second kappa shape index (κ2) is 5.00. The van der Waals surface area contributed by atoms with Gasteiger partial charge in [-0.15, -0.1) is 0 Å². The van der Waals surface area contributed by atoms with E-state index in [4.69, 9.17) is 4.42 Å². The molecule has 0 radical (unpaired) electrons. The number of rotatable bonds is 4. The van der Waals surface area contributed by atoms with E-state index in [-0.39, 0.29) is 5.78 Å². The molecule has 0 saturated heterocycles. The van der Waals surface area contributed by atoms with Crippen molar-refractivity contribution in [3.05, 3.63) is 47.7 Å². The maximum atomic E-state index is 11.0. The van der Waals surface area contributed by atoms with Crippen LogP contribution in [0.1, 0.15) is 25.2 Å². The summed E-state index contributed by atoms with van der Waals surface area (Å²) in [6.45, 7) is 3.70. The summed E-state index contributed by atoms with van der Waals surface area (Å²) in [5.41, 5.74) is 2.36. The predicted molar refractivity (Wildman–Crippen MR) is 67.9 cm³/mol. The molecule has 17 heavy (non-hydrogen) atoms. The average Bonchev–Trinajstić information content (AvgIpc) is 2.77. The lowest BCUT2D eigenvalue weighted by atomic mass is 10.1. The highest BCUT2D eigenvalue weighted by molar-refractivity contribution is 5.77. The molecule has 0 N–H and O–H groups in total. The van der Waals surface area contributed by atoms with Crippen LogP contribution < -0.4 is 0 Å². The molecule has 1 heterocycles. The van der Waals surface area contributed by atoms with Gasteiger partial charge in [-0.2, -0.15) is 0 Å². The van der Waals surface area contributed by atoms with E-state index in [9.17, 15) is 4.79 Å². The molecule has 2 heteroatoms. The highest BCUT2D eigenvalue weighted by atomic mass is 16.3. The molecule has 1 aromatic heterocycles. The van der Waals surface area contributed by atoms with E-state index in [1.165, 1.54) is 5.56 Å². The van der Waals surface area contributed by atoms with Gasteiger partial charge in [0.25, 0.3) is 0 Å². The van der Waals surface area contributed by atoms with Crippen molar-refractivity contribution in [3.63, 3.8) is 0 Å². The Morgan fingerprint density at radius 2 is 1.82 bits per heavy atom. The Morgan fingerprint density at radius 1 is 1.12 bits per heavy atom. The maximum Gasteiger partial charge on any atom is 0.137 e. The second-order valence-electron chi connectivity index (χ2n) is 4.20. The smallest absolute Gasteiger partial charge is 0.137 e. The molecule has 2 aromatic rings. The van der Waals surface area contributed by atoms with Crippen LogP contribution in [0.25, 0.3) is 11.3 Å². The number of ketones is 1. The van der Waals surface area contributed by atoms with E-state index in [1.54, 1.807) is 6.92 Å². The molecule has 0 aliphatic rings. The van der Waals surface area contributed by atoms with Gasteiger partial charge in [-0.1, -0.05) is 31.2 Å². The number of carbonyl (C=O) groups excluding carboxylic acids is 1. The Labute approximate surface area is 101 Å². The summed E-state index contributed by atoms with van der Waals surface area (Å²) in [5.74, 6) is 1.67. The zero-order valence-electron chi connectivity index (χ0n) is 10.2. The molecule has 2 rings (SSSR count). The van der Waals surface area contributed by atoms with E-state index in [2.05, 4.69) is 31.2 Å². The van der Waals surface area contributed by atoms with Crippen molar-refractivity contribution >= 4 is 5.78 Å². The lowest BCUT2D eigenvalue weighted by Crippen LogP contribution is -1.93. The fourth-order valence-electron chi connectivity index (χ4n) is 1.78. The molecule has 0 fully saturated rings. The molecule has 0 aliphatic carbocycles. The first kappa shape index (κ1) is 11.6. The minimum atomic E-state index is 0.118. The van der Waals surface area contributed by atoms with Crippen LogP contribution in [0, 0.1) is 0 Å². The van der Waals surface area contributed by atoms with Gasteiger partial charge in [0, 0.05) is 5.56 Å². The molecule has 88 valence electrons. The standard InChI is InChI=1S/C15H16O2/c1-3-12-4-6-13(7-5-12)15-9-8-14(17-15)10-11(2)16/h4-9H,3,10H2,1-2H3. The van der Waals surface area contributed by atoms with Gasteiger partial charge in [0.15, 0.2) is 0 Å². The number of hydrogen-bond acceptors (Lipinski definition) is 2. The van der Waals surface area contributed by atoms with Gasteiger partial charge in [-0.3, -0.25) is 4.79 Å². The number of hydrogen-bond donors (Lipinski definition) is 0. The molecule has 0 bridgehead atoms. The van der Waals surface area contributed by atoms with Crippen molar-refractivity contribution in [2.24, 2.45) is 0 Å². The van der Waals surface area contributed by atoms with Crippen molar-refractivity contribution < 1.29 is 9.21 Å². The van der Waals surface area contributed by atoms with Crippen LogP contribution in [-0.2, 0) is 17.6 Å². The van der Waals surface area contributed by atoms with E-state index in [1.807, 2.05) is 12.1 Å². The zero-order valence-corrected chi connectivity index (χ0v) is 10.2. The molecule has 1 aromatic carbocycles. The Hall–Kier alpha value is -1.83. The van der Waals surface area contributed by atoms with Gasteiger partial charge in [-0.25, -0.2) is 0 Å². The molecule has 0 saturated carbocycles. The average molecular weight is 228 g/mol. The lowest BCUT2D eigenvalue weighted by molar-refractivity contribution is -0.116. The molecule has 0 aliphatic heterocycles. The largest absolute Gasteiger partial charge is 0.461 e. The zero-order chi connectivity index (χ0) is 12.3. The third-order valence-electron chi connectivity index (χ3n) is 2.73. The van der Waals surface area contributed by atoms with Gasteiger partial charge in [-0.05, 0) is 31.0 Å². The fourth-order valence-corrected chi connectivity index (χ4v) is 1.78. The summed E-state index contributed by atoms with van der Waals surface area (Å²) < 4.78 is 5.63. The van der Waals surface area contributed by atoms with Gasteiger partial charge < -0.3 is 4.42 Å². The normalized spacial score (nSPS) is 10.5. The number of aryl methyl sites for hydroxylation is 1. The van der Waals surface area contributed by atoms with E-state index >= 15 is 0 Å². The van der Waals surface area contributed by atoms with E-state index in [0.29, 0.717) is 6.42 Å². The van der Waals surface area contributed by atoms with Gasteiger partial charge in [0.05, 0.1) is 6.42 Å². The lowest BCUT2D eigenvalue weighted by Gasteiger charge is -1.99. The van der Waals surface area contributed by atoms with Crippen LogP contribution >= 0.6 is 0 Å². The minimum absolute atomic E-state index is 0.118. The number of benzene rings is 1. The monoisotopic (exact) mass is 228 g/mol. The molecule has 2 nitrogen and oxygen atoms in total. The third-order valence-corrected chi connectivity index (χ3v) is 2.73. The van der Waals surface area contributed by atoms with Crippen molar-refractivity contribution in [1.29, 1.82) is 0 Å². The molecule has 0 spiro atoms. The Balaban J connectivity index is 2.21. The highest BCUT2D eigenvalue weighted by Gasteiger charge is 2.06. The summed E-state index contributed by atoms with van der Waals surface area (Å²) in [6, 6.07) is 12.1. The molecule has 0 atom stereocenters.